The van der Waals surface area contributed by atoms with Crippen molar-refractivity contribution < 1.29 is 29.4 Å². The van der Waals surface area contributed by atoms with E-state index in [-0.39, 0.29) is 25.3 Å². The number of aliphatic hydroxyl groups excluding tert-OH is 1. The maximum absolute atomic E-state index is 10.7. The molecule has 0 aliphatic rings. The van der Waals surface area contributed by atoms with Crippen molar-refractivity contribution in [3.05, 3.63) is 34.4 Å². The van der Waals surface area contributed by atoms with E-state index < -0.39 is 23.1 Å². The second-order valence-electron chi connectivity index (χ2n) is 4.51. The Bertz CT molecular complexity index is 488. The van der Waals surface area contributed by atoms with E-state index in [0.29, 0.717) is 5.75 Å². The van der Waals surface area contributed by atoms with Crippen molar-refractivity contribution in [1.82, 2.24) is 0 Å². The third-order valence-electron chi connectivity index (χ3n) is 2.72. The molecule has 0 bridgehead atoms. The molecule has 1 rings (SSSR count). The zero-order valence-electron chi connectivity index (χ0n) is 11.5. The molecule has 1 atom stereocenters. The van der Waals surface area contributed by atoms with Gasteiger partial charge in [-0.25, -0.2) is 0 Å². The first kappa shape index (κ1) is 16.9. The normalized spacial score (nSPS) is 13.3. The van der Waals surface area contributed by atoms with Crippen molar-refractivity contribution in [3.63, 3.8) is 0 Å². The van der Waals surface area contributed by atoms with E-state index in [1.807, 2.05) is 0 Å². The summed E-state index contributed by atoms with van der Waals surface area (Å²) in [6.07, 6.45) is 0.0355. The third kappa shape index (κ3) is 5.76. The molecule has 1 unspecified atom stereocenters. The van der Waals surface area contributed by atoms with Crippen molar-refractivity contribution >= 4 is 11.7 Å². The number of benzene rings is 1. The number of carbonyl (C=O) groups is 1. The van der Waals surface area contributed by atoms with Crippen molar-refractivity contribution in [2.45, 2.75) is 18.9 Å². The Kier molecular flexibility index (Phi) is 6.07. The fourth-order valence-electron chi connectivity index (χ4n) is 1.46. The topological polar surface area (TPSA) is 119 Å². The molecule has 8 heteroatoms. The van der Waals surface area contributed by atoms with Gasteiger partial charge in [-0.05, 0) is 12.1 Å². The minimum Gasteiger partial charge on any atom is -0.493 e. The number of nitro benzene ring substituents is 1. The molecule has 1 aromatic carbocycles. The lowest BCUT2D eigenvalue weighted by atomic mass is 10.0. The van der Waals surface area contributed by atoms with E-state index >= 15 is 0 Å². The van der Waals surface area contributed by atoms with Gasteiger partial charge in [0.1, 0.15) is 18.0 Å². The lowest BCUT2D eigenvalue weighted by Gasteiger charge is -2.24. The third-order valence-corrected chi connectivity index (χ3v) is 2.72. The van der Waals surface area contributed by atoms with Crippen molar-refractivity contribution in [3.8, 4) is 5.75 Å². The number of esters is 1. The van der Waals surface area contributed by atoms with Gasteiger partial charge in [-0.1, -0.05) is 0 Å². The summed E-state index contributed by atoms with van der Waals surface area (Å²) in [7, 11) is 0. The van der Waals surface area contributed by atoms with Gasteiger partial charge in [-0.3, -0.25) is 14.9 Å². The summed E-state index contributed by atoms with van der Waals surface area (Å²) in [6, 6.07) is 5.46. The largest absolute Gasteiger partial charge is 0.493 e. The standard InChI is InChI=1S/C13H17NO7/c1-10(16)21-9-13(17,8-15)6-7-20-12-4-2-11(3-5-12)14(18)19/h2-5,15,17H,6-9H2,1H3. The fourth-order valence-corrected chi connectivity index (χ4v) is 1.46. The molecule has 0 saturated carbocycles. The van der Waals surface area contributed by atoms with Gasteiger partial charge in [0.05, 0.1) is 18.1 Å². The lowest BCUT2D eigenvalue weighted by Crippen LogP contribution is -2.40. The molecule has 8 nitrogen and oxygen atoms in total. The maximum Gasteiger partial charge on any atom is 0.302 e. The number of rotatable bonds is 8. The summed E-state index contributed by atoms with van der Waals surface area (Å²) in [5, 5.41) is 29.6. The van der Waals surface area contributed by atoms with Crippen LogP contribution in [0.5, 0.6) is 5.75 Å². The summed E-state index contributed by atoms with van der Waals surface area (Å²) in [5.41, 5.74) is -1.63. The van der Waals surface area contributed by atoms with Gasteiger partial charge in [-0.2, -0.15) is 0 Å². The van der Waals surface area contributed by atoms with E-state index in [4.69, 9.17) is 9.84 Å². The van der Waals surface area contributed by atoms with Gasteiger partial charge < -0.3 is 19.7 Å². The number of nitrogens with zero attached hydrogens (tertiary/aromatic N) is 1. The minimum absolute atomic E-state index is 0.0355. The number of hydrogen-bond donors (Lipinski definition) is 2. The average molecular weight is 299 g/mol. The molecule has 0 heterocycles. The van der Waals surface area contributed by atoms with Gasteiger partial charge in [-0.15, -0.1) is 0 Å². The van der Waals surface area contributed by atoms with Crippen LogP contribution >= 0.6 is 0 Å². The van der Waals surface area contributed by atoms with Gasteiger partial charge in [0, 0.05) is 25.5 Å². The first-order valence-corrected chi connectivity index (χ1v) is 6.20. The molecule has 2 N–H and O–H groups in total. The number of nitro groups is 1. The lowest BCUT2D eigenvalue weighted by molar-refractivity contribution is -0.384. The van der Waals surface area contributed by atoms with Crippen molar-refractivity contribution in [2.75, 3.05) is 19.8 Å². The summed E-state index contributed by atoms with van der Waals surface area (Å²) in [5.74, 6) is -0.161. The molecular formula is C13H17NO7. The molecule has 116 valence electrons. The second-order valence-corrected chi connectivity index (χ2v) is 4.51. The molecule has 0 aliphatic carbocycles. The Hall–Kier alpha value is -2.19. The zero-order chi connectivity index (χ0) is 15.9. The summed E-state index contributed by atoms with van der Waals surface area (Å²) in [6.45, 7) is 0.341. The Morgan fingerprint density at radius 2 is 2.00 bits per heavy atom. The van der Waals surface area contributed by atoms with E-state index in [1.165, 1.54) is 31.2 Å². The molecule has 0 fully saturated rings. The van der Waals surface area contributed by atoms with E-state index in [1.54, 1.807) is 0 Å². The van der Waals surface area contributed by atoms with Crippen LogP contribution in [0.4, 0.5) is 5.69 Å². The van der Waals surface area contributed by atoms with E-state index in [0.717, 1.165) is 0 Å². The molecule has 0 aromatic heterocycles. The highest BCUT2D eigenvalue weighted by molar-refractivity contribution is 5.65. The van der Waals surface area contributed by atoms with Crippen LogP contribution in [-0.2, 0) is 9.53 Å². The number of ether oxygens (including phenoxy) is 2. The highest BCUT2D eigenvalue weighted by Crippen LogP contribution is 2.18. The molecule has 0 radical (unpaired) electrons. The maximum atomic E-state index is 10.7. The number of non-ortho nitro benzene ring substituents is 1. The quantitative estimate of drug-likeness (QED) is 0.411. The fraction of sp³-hybridized carbons (Fsp3) is 0.462. The van der Waals surface area contributed by atoms with Crippen LogP contribution in [-0.4, -0.2) is 46.5 Å². The minimum atomic E-state index is -1.58. The van der Waals surface area contributed by atoms with Crippen molar-refractivity contribution in [1.29, 1.82) is 0 Å². The summed E-state index contributed by atoms with van der Waals surface area (Å²) < 4.78 is 9.97. The van der Waals surface area contributed by atoms with Gasteiger partial charge >= 0.3 is 5.97 Å². The molecule has 1 aromatic rings. The predicted molar refractivity (Wildman–Crippen MR) is 71.9 cm³/mol. The number of aliphatic hydroxyl groups is 2. The highest BCUT2D eigenvalue weighted by atomic mass is 16.6. The molecule has 0 aliphatic heterocycles. The number of carbonyl (C=O) groups excluding carboxylic acids is 1. The Labute approximate surface area is 121 Å². The monoisotopic (exact) mass is 299 g/mol. The summed E-state index contributed by atoms with van der Waals surface area (Å²) in [4.78, 5) is 20.7. The van der Waals surface area contributed by atoms with E-state index in [2.05, 4.69) is 4.74 Å². The van der Waals surface area contributed by atoms with Crippen LogP contribution in [0.15, 0.2) is 24.3 Å². The average Bonchev–Trinajstić information content (AvgIpc) is 2.46. The SMILES string of the molecule is CC(=O)OCC(O)(CO)CCOc1ccc([N+](=O)[O-])cc1. The smallest absolute Gasteiger partial charge is 0.302 e. The van der Waals surface area contributed by atoms with Crippen LogP contribution in [0.1, 0.15) is 13.3 Å². The first-order valence-electron chi connectivity index (χ1n) is 6.20. The molecule has 0 amide bonds. The van der Waals surface area contributed by atoms with Crippen LogP contribution in [0.2, 0.25) is 0 Å². The zero-order valence-corrected chi connectivity index (χ0v) is 11.5. The first-order chi connectivity index (χ1) is 9.86. The summed E-state index contributed by atoms with van der Waals surface area (Å²) >= 11 is 0. The Morgan fingerprint density at radius 1 is 1.38 bits per heavy atom. The second kappa shape index (κ2) is 7.55. The molecule has 0 spiro atoms. The molecular weight excluding hydrogens is 282 g/mol. The van der Waals surface area contributed by atoms with Gasteiger partial charge in [0.2, 0.25) is 0 Å². The molecule has 0 saturated heterocycles. The van der Waals surface area contributed by atoms with E-state index in [9.17, 15) is 20.0 Å². The van der Waals surface area contributed by atoms with Crippen LogP contribution in [0.3, 0.4) is 0 Å². The molecule has 21 heavy (non-hydrogen) atoms. The predicted octanol–water partition coefficient (Wildman–Crippen LogP) is 0.650. The Balaban J connectivity index is 2.46. The number of hydrogen-bond acceptors (Lipinski definition) is 7. The van der Waals surface area contributed by atoms with Crippen LogP contribution in [0, 0.1) is 10.1 Å². The van der Waals surface area contributed by atoms with Gasteiger partial charge in [0.15, 0.2) is 0 Å². The highest BCUT2D eigenvalue weighted by Gasteiger charge is 2.27. The van der Waals surface area contributed by atoms with Crippen LogP contribution in [0.25, 0.3) is 0 Å². The van der Waals surface area contributed by atoms with Crippen molar-refractivity contribution in [2.24, 2.45) is 0 Å². The van der Waals surface area contributed by atoms with Gasteiger partial charge in [0.25, 0.3) is 5.69 Å². The van der Waals surface area contributed by atoms with Crippen LogP contribution < -0.4 is 4.74 Å². The Morgan fingerprint density at radius 3 is 2.48 bits per heavy atom.